The van der Waals surface area contributed by atoms with E-state index < -0.39 is 12.0 Å². The summed E-state index contributed by atoms with van der Waals surface area (Å²) < 4.78 is 5.22. The molecule has 7 heteroatoms. The maximum Gasteiger partial charge on any atom is 0.290 e. The second-order valence-electron chi connectivity index (χ2n) is 5.32. The Hall–Kier alpha value is -1.89. The summed E-state index contributed by atoms with van der Waals surface area (Å²) in [5.74, 6) is -0.290. The smallest absolute Gasteiger partial charge is 0.290 e. The fourth-order valence-electron chi connectivity index (χ4n) is 2.07. The third kappa shape index (κ3) is 3.80. The molecule has 1 aromatic heterocycles. The van der Waals surface area contributed by atoms with Gasteiger partial charge in [0, 0.05) is 12.3 Å². The number of hydrazine groups is 1. The molecule has 0 bridgehead atoms. The minimum absolute atomic E-state index is 0.258. The summed E-state index contributed by atoms with van der Waals surface area (Å²) in [6.07, 6.45) is 1.90. The molecule has 3 N–H and O–H groups in total. The van der Waals surface area contributed by atoms with Crippen molar-refractivity contribution in [1.29, 1.82) is 0 Å². The summed E-state index contributed by atoms with van der Waals surface area (Å²) in [6.45, 7) is 4.76. The topological polar surface area (TPSA) is 96.1 Å². The van der Waals surface area contributed by atoms with Crippen LogP contribution in [0.1, 0.15) is 42.9 Å². The first kappa shape index (κ1) is 14.5. The lowest BCUT2D eigenvalue weighted by Gasteiger charge is -2.10. The molecule has 1 saturated heterocycles. The lowest BCUT2D eigenvalue weighted by molar-refractivity contribution is -0.130. The highest BCUT2D eigenvalue weighted by atomic mass is 16.5. The predicted molar refractivity (Wildman–Crippen MR) is 71.7 cm³/mol. The summed E-state index contributed by atoms with van der Waals surface area (Å²) in [5, 5.41) is 6.74. The van der Waals surface area contributed by atoms with Gasteiger partial charge < -0.3 is 4.74 Å². The van der Waals surface area contributed by atoms with Gasteiger partial charge in [0.05, 0.1) is 0 Å². The molecule has 1 aliphatic rings. The number of rotatable bonds is 4. The van der Waals surface area contributed by atoms with Gasteiger partial charge in [0.15, 0.2) is 5.69 Å². The second-order valence-corrected chi connectivity index (χ2v) is 5.32. The van der Waals surface area contributed by atoms with Crippen LogP contribution < -0.4 is 10.9 Å². The van der Waals surface area contributed by atoms with Gasteiger partial charge in [0.25, 0.3) is 11.8 Å². The van der Waals surface area contributed by atoms with E-state index in [-0.39, 0.29) is 11.6 Å². The third-order valence-corrected chi connectivity index (χ3v) is 3.01. The molecule has 110 valence electrons. The van der Waals surface area contributed by atoms with Crippen molar-refractivity contribution >= 4 is 11.8 Å². The number of carbonyl (C=O) groups is 2. The van der Waals surface area contributed by atoms with E-state index in [0.29, 0.717) is 18.9 Å². The Morgan fingerprint density at radius 3 is 2.95 bits per heavy atom. The monoisotopic (exact) mass is 280 g/mol. The number of hydrogen-bond donors (Lipinski definition) is 3. The maximum atomic E-state index is 11.8. The van der Waals surface area contributed by atoms with E-state index in [1.807, 2.05) is 0 Å². The molecule has 2 heterocycles. The highest BCUT2D eigenvalue weighted by Crippen LogP contribution is 2.11. The summed E-state index contributed by atoms with van der Waals surface area (Å²) >= 11 is 0. The molecule has 1 aliphatic heterocycles. The average molecular weight is 280 g/mol. The summed E-state index contributed by atoms with van der Waals surface area (Å²) in [5.41, 5.74) is 5.85. The van der Waals surface area contributed by atoms with Crippen LogP contribution in [0.25, 0.3) is 0 Å². The van der Waals surface area contributed by atoms with Gasteiger partial charge in [-0.2, -0.15) is 5.10 Å². The normalized spacial score (nSPS) is 18.2. The molecule has 2 amide bonds. The number of H-pyrrole nitrogens is 1. The van der Waals surface area contributed by atoms with E-state index in [0.717, 1.165) is 18.5 Å². The standard InChI is InChI=1S/C13H20N4O3/c1-8(2)6-9-7-10(15-14-9)12(18)16-17-13(19)11-4-3-5-20-11/h7-8,11H,3-6H2,1-2H3,(H,14,15)(H,16,18)(H,17,19). The zero-order chi connectivity index (χ0) is 14.5. The first-order valence-electron chi connectivity index (χ1n) is 6.82. The zero-order valence-electron chi connectivity index (χ0n) is 11.7. The van der Waals surface area contributed by atoms with Gasteiger partial charge >= 0.3 is 0 Å². The Balaban J connectivity index is 1.82. The Kier molecular flexibility index (Phi) is 4.73. The molecule has 0 radical (unpaired) electrons. The molecule has 20 heavy (non-hydrogen) atoms. The van der Waals surface area contributed by atoms with Crippen molar-refractivity contribution < 1.29 is 14.3 Å². The van der Waals surface area contributed by atoms with Crippen LogP contribution in [0.2, 0.25) is 0 Å². The molecule has 0 aromatic carbocycles. The van der Waals surface area contributed by atoms with E-state index in [2.05, 4.69) is 34.9 Å². The van der Waals surface area contributed by atoms with Gasteiger partial charge in [-0.3, -0.25) is 25.5 Å². The van der Waals surface area contributed by atoms with Gasteiger partial charge in [-0.05, 0) is 31.2 Å². The Morgan fingerprint density at radius 1 is 1.50 bits per heavy atom. The van der Waals surface area contributed by atoms with Crippen LogP contribution in [-0.4, -0.2) is 34.7 Å². The van der Waals surface area contributed by atoms with E-state index in [9.17, 15) is 9.59 Å². The van der Waals surface area contributed by atoms with Crippen molar-refractivity contribution in [3.05, 3.63) is 17.5 Å². The summed E-state index contributed by atoms with van der Waals surface area (Å²) in [4.78, 5) is 23.5. The number of aromatic nitrogens is 2. The summed E-state index contributed by atoms with van der Waals surface area (Å²) in [7, 11) is 0. The molecular weight excluding hydrogens is 260 g/mol. The molecule has 1 unspecified atom stereocenters. The molecule has 0 saturated carbocycles. The molecule has 2 rings (SSSR count). The Morgan fingerprint density at radius 2 is 2.30 bits per heavy atom. The fraction of sp³-hybridized carbons (Fsp3) is 0.615. The highest BCUT2D eigenvalue weighted by molar-refractivity contribution is 5.94. The van der Waals surface area contributed by atoms with E-state index in [1.165, 1.54) is 0 Å². The SMILES string of the molecule is CC(C)Cc1cc(C(=O)NNC(=O)C2CCCO2)n[nH]1. The number of ether oxygens (including phenoxy) is 1. The van der Waals surface area contributed by atoms with Crippen LogP contribution in [0.15, 0.2) is 6.07 Å². The van der Waals surface area contributed by atoms with Crippen LogP contribution in [0.5, 0.6) is 0 Å². The minimum atomic E-state index is -0.467. The van der Waals surface area contributed by atoms with Gasteiger partial charge in [-0.25, -0.2) is 0 Å². The number of hydrogen-bond acceptors (Lipinski definition) is 4. The molecule has 1 atom stereocenters. The average Bonchev–Trinajstić information content (AvgIpc) is 3.05. The number of nitrogens with one attached hydrogen (secondary N) is 3. The first-order chi connectivity index (χ1) is 9.56. The number of aromatic amines is 1. The number of nitrogens with zero attached hydrogens (tertiary/aromatic N) is 1. The molecule has 0 spiro atoms. The maximum absolute atomic E-state index is 11.8. The third-order valence-electron chi connectivity index (χ3n) is 3.01. The second kappa shape index (κ2) is 6.51. The van der Waals surface area contributed by atoms with E-state index in [4.69, 9.17) is 4.74 Å². The van der Waals surface area contributed by atoms with Crippen LogP contribution in [0.3, 0.4) is 0 Å². The molecule has 1 fully saturated rings. The highest BCUT2D eigenvalue weighted by Gasteiger charge is 2.24. The van der Waals surface area contributed by atoms with Crippen LogP contribution in [-0.2, 0) is 16.0 Å². The number of carbonyl (C=O) groups excluding carboxylic acids is 2. The van der Waals surface area contributed by atoms with Crippen molar-refractivity contribution in [2.75, 3.05) is 6.61 Å². The fourth-order valence-corrected chi connectivity index (χ4v) is 2.07. The molecular formula is C13H20N4O3. The van der Waals surface area contributed by atoms with Crippen molar-refractivity contribution in [1.82, 2.24) is 21.0 Å². The largest absolute Gasteiger partial charge is 0.368 e. The van der Waals surface area contributed by atoms with Gasteiger partial charge in [-0.15, -0.1) is 0 Å². The zero-order valence-corrected chi connectivity index (χ0v) is 11.7. The minimum Gasteiger partial charge on any atom is -0.368 e. The van der Waals surface area contributed by atoms with Crippen LogP contribution in [0, 0.1) is 5.92 Å². The lowest BCUT2D eigenvalue weighted by atomic mass is 10.1. The first-order valence-corrected chi connectivity index (χ1v) is 6.82. The van der Waals surface area contributed by atoms with Gasteiger partial charge in [0.2, 0.25) is 0 Å². The van der Waals surface area contributed by atoms with Gasteiger partial charge in [0.1, 0.15) is 6.10 Å². The molecule has 0 aliphatic carbocycles. The van der Waals surface area contributed by atoms with Crippen molar-refractivity contribution in [3.63, 3.8) is 0 Å². The Bertz CT molecular complexity index is 478. The van der Waals surface area contributed by atoms with Crippen molar-refractivity contribution in [2.45, 2.75) is 39.2 Å². The van der Waals surface area contributed by atoms with Crippen molar-refractivity contribution in [3.8, 4) is 0 Å². The quantitative estimate of drug-likeness (QED) is 0.702. The van der Waals surface area contributed by atoms with E-state index in [1.54, 1.807) is 6.07 Å². The van der Waals surface area contributed by atoms with Crippen molar-refractivity contribution in [2.24, 2.45) is 5.92 Å². The predicted octanol–water partition coefficient (Wildman–Crippen LogP) is 0.548. The van der Waals surface area contributed by atoms with Crippen LogP contribution >= 0.6 is 0 Å². The lowest BCUT2D eigenvalue weighted by Crippen LogP contribution is -2.46. The van der Waals surface area contributed by atoms with Crippen LogP contribution in [0.4, 0.5) is 0 Å². The Labute approximate surface area is 117 Å². The van der Waals surface area contributed by atoms with Gasteiger partial charge in [-0.1, -0.05) is 13.8 Å². The molecule has 7 nitrogen and oxygen atoms in total. The summed E-state index contributed by atoms with van der Waals surface area (Å²) in [6, 6.07) is 1.69. The van der Waals surface area contributed by atoms with E-state index >= 15 is 0 Å². The molecule has 1 aromatic rings. The number of amides is 2.